The fraction of sp³-hybridized carbons (Fsp3) is 1.00. The molecule has 0 atom stereocenters. The summed E-state index contributed by atoms with van der Waals surface area (Å²) in [5.41, 5.74) is 0. The lowest BCUT2D eigenvalue weighted by molar-refractivity contribution is -0.929. The van der Waals surface area contributed by atoms with Crippen LogP contribution in [0.15, 0.2) is 0 Å². The summed E-state index contributed by atoms with van der Waals surface area (Å²) in [6.07, 6.45) is 55.6. The molecule has 0 amide bonds. The van der Waals surface area contributed by atoms with Crippen LogP contribution in [0.4, 0.5) is 0 Å². The van der Waals surface area contributed by atoms with Gasteiger partial charge in [0.25, 0.3) is 0 Å². The van der Waals surface area contributed by atoms with Crippen LogP contribution in [0.1, 0.15) is 284 Å². The lowest BCUT2D eigenvalue weighted by atomic mass is 10.0. The highest BCUT2D eigenvalue weighted by molar-refractivity contribution is 7.85. The molecule has 0 aliphatic carbocycles. The topological polar surface area (TPSA) is 57.2 Å². The zero-order valence-corrected chi connectivity index (χ0v) is 38.4. The van der Waals surface area contributed by atoms with Crippen LogP contribution in [0.25, 0.3) is 0 Å². The molecule has 0 aromatic rings. The van der Waals surface area contributed by atoms with Gasteiger partial charge in [-0.05, 0) is 51.4 Å². The van der Waals surface area contributed by atoms with Crippen LogP contribution < -0.4 is 0 Å². The monoisotopic (exact) mass is 784 g/mol. The summed E-state index contributed by atoms with van der Waals surface area (Å²) in [5, 5.41) is 0. The first-order valence-electron chi connectivity index (χ1n) is 25.2. The van der Waals surface area contributed by atoms with E-state index in [0.717, 1.165) is 13.0 Å². The third-order valence-corrected chi connectivity index (χ3v) is 13.3. The Morgan fingerprint density at radius 3 is 0.630 bits per heavy atom. The van der Waals surface area contributed by atoms with Crippen LogP contribution in [-0.2, 0) is 10.1 Å². The Morgan fingerprint density at radius 2 is 0.444 bits per heavy atom. The van der Waals surface area contributed by atoms with E-state index in [-0.39, 0.29) is 5.75 Å². The van der Waals surface area contributed by atoms with Gasteiger partial charge in [-0.1, -0.05) is 233 Å². The molecule has 0 rings (SSSR count). The normalized spacial score (nSPS) is 12.3. The van der Waals surface area contributed by atoms with Crippen molar-refractivity contribution < 1.29 is 17.5 Å². The Labute approximate surface area is 342 Å². The highest BCUT2D eigenvalue weighted by Gasteiger charge is 2.26. The largest absolute Gasteiger partial charge is 0.748 e. The smallest absolute Gasteiger partial charge is 0.0945 e. The lowest BCUT2D eigenvalue weighted by Gasteiger charge is -2.40. The van der Waals surface area contributed by atoms with E-state index in [1.165, 1.54) is 275 Å². The second kappa shape index (κ2) is 42.5. The molecule has 0 saturated heterocycles. The van der Waals surface area contributed by atoms with Crippen molar-refractivity contribution in [3.63, 3.8) is 0 Å². The zero-order valence-electron chi connectivity index (χ0n) is 37.6. The third kappa shape index (κ3) is 41.5. The van der Waals surface area contributed by atoms with Gasteiger partial charge in [0.2, 0.25) is 0 Å². The van der Waals surface area contributed by atoms with Crippen LogP contribution in [0.2, 0.25) is 0 Å². The first kappa shape index (κ1) is 53.9. The highest BCUT2D eigenvalue weighted by atomic mass is 32.2. The summed E-state index contributed by atoms with van der Waals surface area (Å²) in [6.45, 7) is 11.7. The van der Waals surface area contributed by atoms with E-state index in [0.29, 0.717) is 6.42 Å². The van der Waals surface area contributed by atoms with Gasteiger partial charge in [-0.2, -0.15) is 0 Å². The van der Waals surface area contributed by atoms with Crippen LogP contribution in [0.5, 0.6) is 0 Å². The molecule has 0 fully saturated rings. The highest BCUT2D eigenvalue weighted by Crippen LogP contribution is 2.21. The SMILES string of the molecule is CCCCCCCCCCCCCCC[N+](CCCCCCCCCCCCCCC)(CCCCCCCCCCCCCCC)CCCCS(=O)(=O)[O-]. The Morgan fingerprint density at radius 1 is 0.278 bits per heavy atom. The molecule has 0 aromatic carbocycles. The minimum atomic E-state index is -4.12. The molecule has 0 aliphatic heterocycles. The van der Waals surface area contributed by atoms with Crippen molar-refractivity contribution in [1.82, 2.24) is 0 Å². The van der Waals surface area contributed by atoms with E-state index >= 15 is 0 Å². The molecule has 0 saturated carbocycles. The molecule has 0 N–H and O–H groups in total. The van der Waals surface area contributed by atoms with Crippen molar-refractivity contribution in [2.75, 3.05) is 31.9 Å². The second-order valence-corrected chi connectivity index (χ2v) is 19.5. The standard InChI is InChI=1S/C49H101NO3S/c1-4-7-10-13-16-19-22-25-28-31-34-37-40-45-50(48-43-44-49-54(51,52)53,46-41-38-35-32-29-26-23-20-17-14-11-8-5-2)47-42-39-36-33-30-27-24-21-18-15-12-9-6-3/h4-49H2,1-3H3. The van der Waals surface area contributed by atoms with Crippen LogP contribution in [0.3, 0.4) is 0 Å². The molecule has 0 spiro atoms. The van der Waals surface area contributed by atoms with Crippen molar-refractivity contribution >= 4 is 10.1 Å². The molecule has 54 heavy (non-hydrogen) atoms. The molecular formula is C49H101NO3S. The maximum absolute atomic E-state index is 11.4. The number of nitrogens with zero attached hydrogens (tertiary/aromatic N) is 1. The van der Waals surface area contributed by atoms with E-state index in [4.69, 9.17) is 0 Å². The van der Waals surface area contributed by atoms with Crippen molar-refractivity contribution in [2.45, 2.75) is 284 Å². The molecule has 326 valence electrons. The molecule has 0 bridgehead atoms. The maximum atomic E-state index is 11.4. The second-order valence-electron chi connectivity index (χ2n) is 17.9. The Kier molecular flexibility index (Phi) is 42.4. The van der Waals surface area contributed by atoms with E-state index in [1.807, 2.05) is 0 Å². The summed E-state index contributed by atoms with van der Waals surface area (Å²) >= 11 is 0. The maximum Gasteiger partial charge on any atom is 0.0945 e. The zero-order chi connectivity index (χ0) is 39.5. The van der Waals surface area contributed by atoms with Gasteiger partial charge in [-0.25, -0.2) is 8.42 Å². The molecule has 0 heterocycles. The van der Waals surface area contributed by atoms with Gasteiger partial charge < -0.3 is 9.04 Å². The number of quaternary nitrogens is 1. The summed E-state index contributed by atoms with van der Waals surface area (Å²) in [5.74, 6) is -0.191. The number of hydrogen-bond acceptors (Lipinski definition) is 3. The van der Waals surface area contributed by atoms with Crippen LogP contribution >= 0.6 is 0 Å². The van der Waals surface area contributed by atoms with Gasteiger partial charge >= 0.3 is 0 Å². The molecule has 5 heteroatoms. The third-order valence-electron chi connectivity index (χ3n) is 12.5. The Bertz CT molecular complexity index is 742. The van der Waals surface area contributed by atoms with Gasteiger partial charge in [0, 0.05) is 5.75 Å². The van der Waals surface area contributed by atoms with Crippen molar-refractivity contribution in [2.24, 2.45) is 0 Å². The van der Waals surface area contributed by atoms with Crippen LogP contribution in [-0.4, -0.2) is 49.4 Å². The molecule has 0 radical (unpaired) electrons. The predicted molar refractivity (Wildman–Crippen MR) is 241 cm³/mol. The molecule has 4 nitrogen and oxygen atoms in total. The minimum Gasteiger partial charge on any atom is -0.748 e. The molecule has 0 unspecified atom stereocenters. The van der Waals surface area contributed by atoms with Gasteiger partial charge in [-0.15, -0.1) is 0 Å². The van der Waals surface area contributed by atoms with Crippen LogP contribution in [0, 0.1) is 0 Å². The first-order chi connectivity index (χ1) is 26.4. The van der Waals surface area contributed by atoms with E-state index in [9.17, 15) is 13.0 Å². The van der Waals surface area contributed by atoms with Gasteiger partial charge in [-0.3, -0.25) is 0 Å². The quantitative estimate of drug-likeness (QED) is 0.0351. The van der Waals surface area contributed by atoms with Gasteiger partial charge in [0.1, 0.15) is 0 Å². The van der Waals surface area contributed by atoms with Gasteiger partial charge in [0.05, 0.1) is 36.3 Å². The predicted octanol–water partition coefficient (Wildman–Crippen LogP) is 16.4. The van der Waals surface area contributed by atoms with Crippen molar-refractivity contribution in [1.29, 1.82) is 0 Å². The Hall–Kier alpha value is -0.130. The minimum absolute atomic E-state index is 0.191. The number of rotatable bonds is 47. The molecule has 0 aromatic heterocycles. The summed E-state index contributed by atoms with van der Waals surface area (Å²) in [6, 6.07) is 0. The van der Waals surface area contributed by atoms with Crippen molar-refractivity contribution in [3.05, 3.63) is 0 Å². The van der Waals surface area contributed by atoms with Crippen molar-refractivity contribution in [3.8, 4) is 0 Å². The van der Waals surface area contributed by atoms with Gasteiger partial charge in [0.15, 0.2) is 0 Å². The number of hydrogen-bond donors (Lipinski definition) is 0. The summed E-state index contributed by atoms with van der Waals surface area (Å²) in [7, 11) is -4.12. The average Bonchev–Trinajstić information content (AvgIpc) is 3.15. The molecular weight excluding hydrogens is 683 g/mol. The average molecular weight is 784 g/mol. The number of unbranched alkanes of at least 4 members (excludes halogenated alkanes) is 37. The van der Waals surface area contributed by atoms with E-state index < -0.39 is 10.1 Å². The fourth-order valence-corrected chi connectivity index (χ4v) is 9.35. The fourth-order valence-electron chi connectivity index (χ4n) is 8.79. The lowest BCUT2D eigenvalue weighted by Crippen LogP contribution is -2.51. The van der Waals surface area contributed by atoms with E-state index in [1.54, 1.807) is 0 Å². The summed E-state index contributed by atoms with van der Waals surface area (Å²) < 4.78 is 35.4. The summed E-state index contributed by atoms with van der Waals surface area (Å²) in [4.78, 5) is 0. The Balaban J connectivity index is 4.79. The first-order valence-corrected chi connectivity index (χ1v) is 26.8. The van der Waals surface area contributed by atoms with E-state index in [2.05, 4.69) is 20.8 Å². The molecule has 0 aliphatic rings.